The van der Waals surface area contributed by atoms with Crippen molar-refractivity contribution in [3.63, 3.8) is 0 Å². The summed E-state index contributed by atoms with van der Waals surface area (Å²) in [6.45, 7) is 1.18. The van der Waals surface area contributed by atoms with Gasteiger partial charge in [-0.1, -0.05) is 54.8 Å². The number of aromatic nitrogens is 1. The molecule has 2 fully saturated rings. The number of nitrogens with zero attached hydrogens (tertiary/aromatic N) is 2. The van der Waals surface area contributed by atoms with Crippen LogP contribution in [0.4, 0.5) is 0 Å². The van der Waals surface area contributed by atoms with Crippen molar-refractivity contribution in [2.24, 2.45) is 11.7 Å². The van der Waals surface area contributed by atoms with Gasteiger partial charge in [0, 0.05) is 24.8 Å². The van der Waals surface area contributed by atoms with Crippen LogP contribution in [0.15, 0.2) is 47.2 Å². The highest BCUT2D eigenvalue weighted by molar-refractivity contribution is 5.82. The van der Waals surface area contributed by atoms with Crippen LogP contribution < -0.4 is 5.73 Å². The molecule has 0 bridgehead atoms. The molecule has 33 heavy (non-hydrogen) atoms. The van der Waals surface area contributed by atoms with Gasteiger partial charge in [-0.3, -0.25) is 4.79 Å². The summed E-state index contributed by atoms with van der Waals surface area (Å²) in [5, 5.41) is 15.7. The number of ether oxygens (including phenoxy) is 1. The van der Waals surface area contributed by atoms with E-state index in [1.165, 1.54) is 6.26 Å². The van der Waals surface area contributed by atoms with Crippen LogP contribution in [-0.2, 0) is 19.9 Å². The molecule has 1 aliphatic carbocycles. The number of quaternary nitrogens is 1. The first-order valence-corrected chi connectivity index (χ1v) is 11.9. The number of esters is 1. The summed E-state index contributed by atoms with van der Waals surface area (Å²) in [6, 6.07) is 10.2. The molecular formula is C25H34N3O5+. The van der Waals surface area contributed by atoms with Crippen molar-refractivity contribution in [1.82, 2.24) is 5.16 Å². The number of likely N-dealkylation sites (N-methyl/N-ethyl adjacent to an activating group) is 1. The normalized spacial score (nSPS) is 26.8. The summed E-state index contributed by atoms with van der Waals surface area (Å²) in [5.41, 5.74) is 5.17. The number of hydrogen-bond acceptors (Lipinski definition) is 6. The van der Waals surface area contributed by atoms with E-state index in [1.54, 1.807) is 18.2 Å². The fourth-order valence-corrected chi connectivity index (χ4v) is 5.62. The number of likely N-dealkylation sites (tertiary alicyclic amines) is 1. The third-order valence-electron chi connectivity index (χ3n) is 7.55. The van der Waals surface area contributed by atoms with Gasteiger partial charge >= 0.3 is 5.97 Å². The molecule has 4 rings (SSSR count). The second-order valence-corrected chi connectivity index (χ2v) is 9.73. The summed E-state index contributed by atoms with van der Waals surface area (Å²) < 4.78 is 11.2. The van der Waals surface area contributed by atoms with Crippen LogP contribution in [0, 0.1) is 5.92 Å². The molecule has 0 spiro atoms. The maximum absolute atomic E-state index is 13.4. The van der Waals surface area contributed by atoms with E-state index in [0.29, 0.717) is 41.7 Å². The van der Waals surface area contributed by atoms with Crippen LogP contribution >= 0.6 is 0 Å². The van der Waals surface area contributed by atoms with Crippen LogP contribution in [-0.4, -0.2) is 52.9 Å². The minimum Gasteiger partial charge on any atom is -0.460 e. The molecule has 2 unspecified atom stereocenters. The topological polar surface area (TPSA) is 116 Å². The van der Waals surface area contributed by atoms with E-state index < -0.39 is 23.5 Å². The van der Waals surface area contributed by atoms with Gasteiger partial charge in [-0.15, -0.1) is 0 Å². The Balaban J connectivity index is 1.47. The van der Waals surface area contributed by atoms with Crippen LogP contribution in [0.3, 0.4) is 0 Å². The van der Waals surface area contributed by atoms with Crippen molar-refractivity contribution in [2.75, 3.05) is 20.1 Å². The molecule has 8 heteroatoms. The summed E-state index contributed by atoms with van der Waals surface area (Å²) in [7, 11) is 1.96. The van der Waals surface area contributed by atoms with E-state index in [4.69, 9.17) is 15.0 Å². The number of piperidine rings is 1. The summed E-state index contributed by atoms with van der Waals surface area (Å²) >= 11 is 0. The zero-order valence-electron chi connectivity index (χ0n) is 19.2. The second-order valence-electron chi connectivity index (χ2n) is 9.73. The van der Waals surface area contributed by atoms with Gasteiger partial charge in [0.2, 0.25) is 6.04 Å². The molecule has 1 amide bonds. The molecule has 1 aliphatic heterocycles. The van der Waals surface area contributed by atoms with Crippen molar-refractivity contribution < 1.29 is 28.4 Å². The number of rotatable bonds is 7. The number of amides is 1. The molecule has 2 atom stereocenters. The Morgan fingerprint density at radius 1 is 1.12 bits per heavy atom. The third kappa shape index (κ3) is 4.68. The molecule has 1 saturated heterocycles. The Bertz CT molecular complexity index is 934. The van der Waals surface area contributed by atoms with Gasteiger partial charge in [-0.25, -0.2) is 4.79 Å². The number of nitrogens with two attached hydrogens (primary N) is 1. The van der Waals surface area contributed by atoms with Crippen molar-refractivity contribution in [1.29, 1.82) is 0 Å². The molecule has 178 valence electrons. The number of hydrogen-bond donors (Lipinski definition) is 2. The first kappa shape index (κ1) is 23.4. The maximum atomic E-state index is 13.4. The van der Waals surface area contributed by atoms with E-state index in [2.05, 4.69) is 5.16 Å². The van der Waals surface area contributed by atoms with Crippen LogP contribution in [0.5, 0.6) is 0 Å². The van der Waals surface area contributed by atoms with Gasteiger partial charge in [0.15, 0.2) is 11.3 Å². The van der Waals surface area contributed by atoms with E-state index in [9.17, 15) is 14.7 Å². The molecule has 3 N–H and O–H groups in total. The summed E-state index contributed by atoms with van der Waals surface area (Å²) in [6.07, 6.45) is 6.98. The van der Waals surface area contributed by atoms with Gasteiger partial charge in [-0.05, 0) is 18.4 Å². The molecule has 0 radical (unpaired) electrons. The Kier molecular flexibility index (Phi) is 6.86. The molecule has 1 aromatic carbocycles. The zero-order chi connectivity index (χ0) is 23.5. The highest BCUT2D eigenvalue weighted by atomic mass is 16.6. The van der Waals surface area contributed by atoms with Crippen molar-refractivity contribution in [3.05, 3.63) is 53.9 Å². The molecule has 2 heterocycles. The van der Waals surface area contributed by atoms with Crippen molar-refractivity contribution in [2.45, 2.75) is 62.7 Å². The summed E-state index contributed by atoms with van der Waals surface area (Å²) in [5.74, 6) is -1.18. The van der Waals surface area contributed by atoms with E-state index in [-0.39, 0.29) is 12.0 Å². The SMILES string of the molecule is C[N+]1(C(C(N)=O)c2ccon2)CCC(OC(=O)C(O)(c2ccccc2)C2CCCCC2)CC1. The zero-order valence-corrected chi connectivity index (χ0v) is 19.2. The first-order chi connectivity index (χ1) is 15.8. The molecule has 2 aromatic rings. The lowest BCUT2D eigenvalue weighted by molar-refractivity contribution is -0.935. The molecule has 2 aliphatic rings. The highest BCUT2D eigenvalue weighted by Crippen LogP contribution is 2.41. The Morgan fingerprint density at radius 2 is 1.79 bits per heavy atom. The van der Waals surface area contributed by atoms with Crippen molar-refractivity contribution in [3.8, 4) is 0 Å². The van der Waals surface area contributed by atoms with E-state index in [0.717, 1.165) is 32.1 Å². The Hall–Kier alpha value is -2.71. The largest absolute Gasteiger partial charge is 0.460 e. The third-order valence-corrected chi connectivity index (χ3v) is 7.55. The predicted octanol–water partition coefficient (Wildman–Crippen LogP) is 2.82. The minimum atomic E-state index is -1.65. The smallest absolute Gasteiger partial charge is 0.343 e. The number of carbonyl (C=O) groups excluding carboxylic acids is 2. The predicted molar refractivity (Wildman–Crippen MR) is 120 cm³/mol. The Morgan fingerprint density at radius 3 is 2.36 bits per heavy atom. The van der Waals surface area contributed by atoms with Gasteiger partial charge in [0.25, 0.3) is 5.91 Å². The lowest BCUT2D eigenvalue weighted by Crippen LogP contribution is -2.57. The average molecular weight is 457 g/mol. The van der Waals surface area contributed by atoms with Gasteiger partial charge < -0.3 is 24.6 Å². The fraction of sp³-hybridized carbons (Fsp3) is 0.560. The molecule has 1 aromatic heterocycles. The highest BCUT2D eigenvalue weighted by Gasteiger charge is 2.49. The van der Waals surface area contributed by atoms with E-state index in [1.807, 2.05) is 25.2 Å². The molecule has 1 saturated carbocycles. The maximum Gasteiger partial charge on any atom is 0.343 e. The van der Waals surface area contributed by atoms with Gasteiger partial charge in [0.1, 0.15) is 12.4 Å². The van der Waals surface area contributed by atoms with Crippen LogP contribution in [0.1, 0.15) is 62.2 Å². The Labute approximate surface area is 194 Å². The number of aliphatic hydroxyl groups is 1. The standard InChI is InChI=1S/C25H33N3O5/c1-28(22(23(26)29)21-14-17-32-27-21)15-12-20(13-16-28)33-24(30)25(31,18-8-4-2-5-9-18)19-10-6-3-7-11-19/h2,4-5,8-9,14,17,19-20,22,31H,3,6-7,10-13,15-16H2,1H3,(H-,26,29)/p+1. The first-order valence-electron chi connectivity index (χ1n) is 11.9. The second kappa shape index (κ2) is 9.65. The number of primary amides is 1. The summed E-state index contributed by atoms with van der Waals surface area (Å²) in [4.78, 5) is 25.7. The fourth-order valence-electron chi connectivity index (χ4n) is 5.62. The minimum absolute atomic E-state index is 0.155. The van der Waals surface area contributed by atoms with E-state index >= 15 is 0 Å². The van der Waals surface area contributed by atoms with Gasteiger partial charge in [0.05, 0.1) is 20.1 Å². The van der Waals surface area contributed by atoms with Crippen LogP contribution in [0.2, 0.25) is 0 Å². The molecule has 8 nitrogen and oxygen atoms in total. The number of carbonyl (C=O) groups is 2. The lowest BCUT2D eigenvalue weighted by atomic mass is 9.73. The van der Waals surface area contributed by atoms with Gasteiger partial charge in [-0.2, -0.15) is 0 Å². The lowest BCUT2D eigenvalue weighted by Gasteiger charge is -2.44. The number of benzene rings is 1. The monoisotopic (exact) mass is 456 g/mol. The molecular weight excluding hydrogens is 422 g/mol. The quantitative estimate of drug-likeness (QED) is 0.489. The average Bonchev–Trinajstić information content (AvgIpc) is 3.35. The van der Waals surface area contributed by atoms with Crippen molar-refractivity contribution >= 4 is 11.9 Å². The van der Waals surface area contributed by atoms with Crippen LogP contribution in [0.25, 0.3) is 0 Å².